The molecule has 118 valence electrons. The Hall–Kier alpha value is -2.20. The Kier molecular flexibility index (Phi) is 3.83. The van der Waals surface area contributed by atoms with Crippen LogP contribution in [0, 0.1) is 5.82 Å². The third-order valence-corrected chi connectivity index (χ3v) is 4.61. The highest BCUT2D eigenvalue weighted by Crippen LogP contribution is 2.22. The molecule has 3 nitrogen and oxygen atoms in total. The number of rotatable bonds is 4. The quantitative estimate of drug-likeness (QED) is 0.730. The molecule has 0 bridgehead atoms. The van der Waals surface area contributed by atoms with Crippen LogP contribution in [0.3, 0.4) is 0 Å². The molecule has 0 unspecified atom stereocenters. The first-order valence-corrected chi connectivity index (χ1v) is 8.12. The van der Waals surface area contributed by atoms with Crippen LogP contribution in [0.25, 0.3) is 11.0 Å². The second-order valence-corrected chi connectivity index (χ2v) is 6.17. The fraction of sp³-hybridized carbons (Fsp3) is 0.316. The van der Waals surface area contributed by atoms with E-state index < -0.39 is 0 Å². The lowest BCUT2D eigenvalue weighted by Gasteiger charge is -2.28. The summed E-state index contributed by atoms with van der Waals surface area (Å²) in [7, 11) is 0. The summed E-state index contributed by atoms with van der Waals surface area (Å²) in [4.78, 5) is 2.49. The molecule has 0 N–H and O–H groups in total. The highest BCUT2D eigenvalue weighted by Gasteiger charge is 2.15. The van der Waals surface area contributed by atoms with Gasteiger partial charge in [0.15, 0.2) is 5.58 Å². The maximum Gasteiger partial charge on any atom is 0.170 e. The summed E-state index contributed by atoms with van der Waals surface area (Å²) in [5.74, 6) is -0.285. The molecular weight excluding hydrogens is 291 g/mol. The molecule has 4 rings (SSSR count). The van der Waals surface area contributed by atoms with E-state index in [1.165, 1.54) is 23.3 Å². The minimum atomic E-state index is -0.285. The molecule has 23 heavy (non-hydrogen) atoms. The summed E-state index contributed by atoms with van der Waals surface area (Å²) in [5.41, 5.74) is 4.39. The van der Waals surface area contributed by atoms with Crippen molar-refractivity contribution in [2.75, 3.05) is 13.1 Å². The predicted octanol–water partition coefficient (Wildman–Crippen LogP) is 3.96. The largest absolute Gasteiger partial charge is 0.356 e. The molecule has 0 saturated heterocycles. The van der Waals surface area contributed by atoms with Gasteiger partial charge in [-0.1, -0.05) is 29.4 Å². The first-order chi connectivity index (χ1) is 11.3. The molecule has 0 fully saturated rings. The lowest BCUT2D eigenvalue weighted by molar-refractivity contribution is 0.250. The van der Waals surface area contributed by atoms with Gasteiger partial charge in [-0.3, -0.25) is 4.90 Å². The molecule has 1 aliphatic heterocycles. The molecule has 0 amide bonds. The number of hydrogen-bond acceptors (Lipinski definition) is 3. The lowest BCUT2D eigenvalue weighted by atomic mass is 9.99. The molecular formula is C19H19FN2O. The summed E-state index contributed by atoms with van der Waals surface area (Å²) in [6.45, 7) is 3.19. The summed E-state index contributed by atoms with van der Waals surface area (Å²) in [5, 5.41) is 5.02. The first-order valence-electron chi connectivity index (χ1n) is 8.12. The average molecular weight is 310 g/mol. The number of fused-ring (bicyclic) bond motifs is 2. The van der Waals surface area contributed by atoms with Crippen LogP contribution in [0.4, 0.5) is 4.39 Å². The van der Waals surface area contributed by atoms with E-state index in [1.54, 1.807) is 6.07 Å². The lowest BCUT2D eigenvalue weighted by Crippen LogP contribution is -2.31. The van der Waals surface area contributed by atoms with Crippen LogP contribution >= 0.6 is 0 Å². The Labute approximate surface area is 134 Å². The second-order valence-electron chi connectivity index (χ2n) is 6.17. The highest BCUT2D eigenvalue weighted by atomic mass is 19.1. The zero-order valence-corrected chi connectivity index (χ0v) is 13.0. The van der Waals surface area contributed by atoms with Gasteiger partial charge in [0.1, 0.15) is 5.82 Å². The van der Waals surface area contributed by atoms with Crippen molar-refractivity contribution in [2.45, 2.75) is 25.8 Å². The van der Waals surface area contributed by atoms with Crippen molar-refractivity contribution < 1.29 is 8.91 Å². The van der Waals surface area contributed by atoms with Gasteiger partial charge in [0.25, 0.3) is 0 Å². The van der Waals surface area contributed by atoms with Crippen LogP contribution in [0.5, 0.6) is 0 Å². The number of nitrogens with zero attached hydrogens (tertiary/aromatic N) is 2. The van der Waals surface area contributed by atoms with E-state index in [0.29, 0.717) is 5.58 Å². The third kappa shape index (κ3) is 2.99. The minimum absolute atomic E-state index is 0.285. The fourth-order valence-corrected chi connectivity index (χ4v) is 3.36. The smallest absolute Gasteiger partial charge is 0.170 e. The molecule has 4 heteroatoms. The van der Waals surface area contributed by atoms with Gasteiger partial charge in [-0.05, 0) is 49.1 Å². The van der Waals surface area contributed by atoms with Gasteiger partial charge in [-0.2, -0.15) is 0 Å². The Morgan fingerprint density at radius 2 is 2.00 bits per heavy atom. The normalized spacial score (nSPS) is 15.0. The van der Waals surface area contributed by atoms with Crippen molar-refractivity contribution in [1.82, 2.24) is 10.1 Å². The number of benzene rings is 2. The van der Waals surface area contributed by atoms with Gasteiger partial charge >= 0.3 is 0 Å². The van der Waals surface area contributed by atoms with E-state index in [0.717, 1.165) is 50.0 Å². The standard InChI is InChI=1S/C19H19FN2O/c20-16-7-8-17-18(21-23-19(17)12-16)6-3-10-22-11-9-14-4-1-2-5-15(14)13-22/h1-2,4-5,7-8,12H,3,6,9-11,13H2. The van der Waals surface area contributed by atoms with Gasteiger partial charge in [0, 0.05) is 24.5 Å². The fourth-order valence-electron chi connectivity index (χ4n) is 3.36. The molecule has 1 aliphatic rings. The van der Waals surface area contributed by atoms with Crippen LogP contribution in [0.15, 0.2) is 47.0 Å². The molecule has 3 aromatic rings. The van der Waals surface area contributed by atoms with Crippen molar-refractivity contribution in [3.05, 3.63) is 65.1 Å². The monoisotopic (exact) mass is 310 g/mol. The summed E-state index contributed by atoms with van der Waals surface area (Å²) < 4.78 is 18.4. The van der Waals surface area contributed by atoms with Gasteiger partial charge in [-0.15, -0.1) is 0 Å². The van der Waals surface area contributed by atoms with Crippen molar-refractivity contribution in [2.24, 2.45) is 0 Å². The number of halogens is 1. The average Bonchev–Trinajstić information content (AvgIpc) is 2.97. The zero-order valence-electron chi connectivity index (χ0n) is 13.0. The molecule has 2 aromatic carbocycles. The van der Waals surface area contributed by atoms with Crippen molar-refractivity contribution in [3.8, 4) is 0 Å². The molecule has 0 saturated carbocycles. The van der Waals surface area contributed by atoms with E-state index >= 15 is 0 Å². The van der Waals surface area contributed by atoms with Crippen molar-refractivity contribution >= 4 is 11.0 Å². The Morgan fingerprint density at radius 1 is 1.13 bits per heavy atom. The maximum atomic E-state index is 13.2. The van der Waals surface area contributed by atoms with Gasteiger partial charge in [-0.25, -0.2) is 4.39 Å². The highest BCUT2D eigenvalue weighted by molar-refractivity contribution is 5.79. The van der Waals surface area contributed by atoms with Crippen LogP contribution in [0.1, 0.15) is 23.2 Å². The molecule has 0 radical (unpaired) electrons. The second kappa shape index (κ2) is 6.13. The first kappa shape index (κ1) is 14.4. The van der Waals surface area contributed by atoms with Gasteiger partial charge < -0.3 is 4.52 Å². The van der Waals surface area contributed by atoms with E-state index in [1.807, 2.05) is 0 Å². The van der Waals surface area contributed by atoms with E-state index in [4.69, 9.17) is 4.52 Å². The van der Waals surface area contributed by atoms with Crippen LogP contribution in [0.2, 0.25) is 0 Å². The molecule has 2 heterocycles. The Morgan fingerprint density at radius 3 is 2.91 bits per heavy atom. The van der Waals surface area contributed by atoms with E-state index in [9.17, 15) is 4.39 Å². The van der Waals surface area contributed by atoms with Gasteiger partial charge in [0.05, 0.1) is 5.69 Å². The SMILES string of the molecule is Fc1ccc2c(CCCN3CCc4ccccc4C3)noc2c1. The van der Waals surface area contributed by atoms with Crippen LogP contribution < -0.4 is 0 Å². The summed E-state index contributed by atoms with van der Waals surface area (Å²) in [6, 6.07) is 13.3. The van der Waals surface area contributed by atoms with Crippen molar-refractivity contribution in [1.29, 1.82) is 0 Å². The van der Waals surface area contributed by atoms with Crippen LogP contribution in [-0.4, -0.2) is 23.1 Å². The Balaban J connectivity index is 1.37. The zero-order chi connectivity index (χ0) is 15.6. The summed E-state index contributed by atoms with van der Waals surface area (Å²) >= 11 is 0. The maximum absolute atomic E-state index is 13.2. The molecule has 0 spiro atoms. The minimum Gasteiger partial charge on any atom is -0.356 e. The topological polar surface area (TPSA) is 29.3 Å². The number of aromatic nitrogens is 1. The summed E-state index contributed by atoms with van der Waals surface area (Å²) in [6.07, 6.45) is 3.01. The van der Waals surface area contributed by atoms with E-state index in [-0.39, 0.29) is 5.82 Å². The van der Waals surface area contributed by atoms with E-state index in [2.05, 4.69) is 34.3 Å². The Bertz CT molecular complexity index is 827. The third-order valence-electron chi connectivity index (χ3n) is 4.61. The van der Waals surface area contributed by atoms with Crippen LogP contribution in [-0.2, 0) is 19.4 Å². The molecule has 0 atom stereocenters. The number of aryl methyl sites for hydroxylation is 1. The molecule has 0 aliphatic carbocycles. The molecule has 1 aromatic heterocycles. The van der Waals surface area contributed by atoms with Crippen molar-refractivity contribution in [3.63, 3.8) is 0 Å². The van der Waals surface area contributed by atoms with Gasteiger partial charge in [0.2, 0.25) is 0 Å². The number of hydrogen-bond donors (Lipinski definition) is 0. The predicted molar refractivity (Wildman–Crippen MR) is 87.7 cm³/mol.